The van der Waals surface area contributed by atoms with E-state index in [2.05, 4.69) is 17.1 Å². The lowest BCUT2D eigenvalue weighted by Crippen LogP contribution is -2.34. The Morgan fingerprint density at radius 1 is 1.58 bits per heavy atom. The van der Waals surface area contributed by atoms with Gasteiger partial charge in [-0.25, -0.2) is 0 Å². The van der Waals surface area contributed by atoms with Crippen LogP contribution in [0.5, 0.6) is 0 Å². The smallest absolute Gasteiger partial charge is 0.0474 e. The lowest BCUT2D eigenvalue weighted by atomic mass is 10.2. The van der Waals surface area contributed by atoms with E-state index < -0.39 is 0 Å². The van der Waals surface area contributed by atoms with Gasteiger partial charge in [-0.1, -0.05) is 0 Å². The van der Waals surface area contributed by atoms with Gasteiger partial charge in [0.05, 0.1) is 0 Å². The topological polar surface area (TPSA) is 21.3 Å². The summed E-state index contributed by atoms with van der Waals surface area (Å²) in [4.78, 5) is 0. The number of nitrogens with one attached hydrogen (secondary N) is 1. The molecule has 1 saturated heterocycles. The Balaban J connectivity index is 1.91. The maximum absolute atomic E-state index is 4.99. The van der Waals surface area contributed by atoms with Crippen LogP contribution in [0.3, 0.4) is 0 Å². The summed E-state index contributed by atoms with van der Waals surface area (Å²) < 4.78 is 4.99. The zero-order valence-corrected chi connectivity index (χ0v) is 8.66. The summed E-state index contributed by atoms with van der Waals surface area (Å²) in [7, 11) is 1.76. The third-order valence-electron chi connectivity index (χ3n) is 2.12. The van der Waals surface area contributed by atoms with Gasteiger partial charge in [0.15, 0.2) is 0 Å². The number of rotatable bonds is 5. The summed E-state index contributed by atoms with van der Waals surface area (Å²) in [5.74, 6) is 2.66. The predicted molar refractivity (Wildman–Crippen MR) is 54.8 cm³/mol. The molecule has 1 N–H and O–H groups in total. The molecule has 0 radical (unpaired) electrons. The van der Waals surface area contributed by atoms with Crippen molar-refractivity contribution in [2.45, 2.75) is 25.3 Å². The Hall–Kier alpha value is 0.270. The van der Waals surface area contributed by atoms with Crippen LogP contribution < -0.4 is 5.32 Å². The summed E-state index contributed by atoms with van der Waals surface area (Å²) in [6.07, 6.45) is 3.88. The highest BCUT2D eigenvalue weighted by molar-refractivity contribution is 7.99. The highest BCUT2D eigenvalue weighted by Gasteiger charge is 2.11. The Morgan fingerprint density at radius 3 is 3.17 bits per heavy atom. The van der Waals surface area contributed by atoms with Crippen molar-refractivity contribution in [2.75, 3.05) is 31.8 Å². The van der Waals surface area contributed by atoms with E-state index >= 15 is 0 Å². The normalized spacial score (nSPS) is 24.2. The molecule has 0 unspecified atom stereocenters. The Labute approximate surface area is 79.4 Å². The minimum atomic E-state index is 0.764. The number of thioether (sulfide) groups is 1. The van der Waals surface area contributed by atoms with Gasteiger partial charge in [-0.05, 0) is 31.6 Å². The maximum atomic E-state index is 4.99. The van der Waals surface area contributed by atoms with Crippen molar-refractivity contribution in [3.63, 3.8) is 0 Å². The van der Waals surface area contributed by atoms with E-state index in [1.807, 2.05) is 0 Å². The maximum Gasteiger partial charge on any atom is 0.0474 e. The number of hydrogen-bond acceptors (Lipinski definition) is 3. The fourth-order valence-corrected chi connectivity index (χ4v) is 2.53. The van der Waals surface area contributed by atoms with Gasteiger partial charge in [0, 0.05) is 25.5 Å². The molecule has 0 aliphatic carbocycles. The summed E-state index contributed by atoms with van der Waals surface area (Å²) in [6.45, 7) is 1.99. The SMILES string of the molecule is COCCCN[C@@H]1CCCSC1. The fraction of sp³-hybridized carbons (Fsp3) is 1.00. The molecule has 3 heteroatoms. The molecule has 0 amide bonds. The van der Waals surface area contributed by atoms with Crippen molar-refractivity contribution >= 4 is 11.8 Å². The molecule has 0 saturated carbocycles. The summed E-state index contributed by atoms with van der Waals surface area (Å²) in [5.41, 5.74) is 0. The highest BCUT2D eigenvalue weighted by Crippen LogP contribution is 2.16. The van der Waals surface area contributed by atoms with Gasteiger partial charge in [0.25, 0.3) is 0 Å². The number of hydrogen-bond donors (Lipinski definition) is 1. The van der Waals surface area contributed by atoms with E-state index in [4.69, 9.17) is 4.74 Å². The molecule has 72 valence electrons. The van der Waals surface area contributed by atoms with Crippen LogP contribution in [-0.4, -0.2) is 37.8 Å². The average Bonchev–Trinajstić information content (AvgIpc) is 2.14. The van der Waals surface area contributed by atoms with Gasteiger partial charge in [-0.2, -0.15) is 11.8 Å². The zero-order valence-electron chi connectivity index (χ0n) is 7.84. The van der Waals surface area contributed by atoms with Gasteiger partial charge < -0.3 is 10.1 Å². The minimum absolute atomic E-state index is 0.764. The van der Waals surface area contributed by atoms with Crippen LogP contribution in [0.25, 0.3) is 0 Å². The van der Waals surface area contributed by atoms with Crippen LogP contribution in [0.2, 0.25) is 0 Å². The molecule has 2 nitrogen and oxygen atoms in total. The van der Waals surface area contributed by atoms with Gasteiger partial charge in [0.1, 0.15) is 0 Å². The molecule has 1 aliphatic heterocycles. The van der Waals surface area contributed by atoms with Gasteiger partial charge in [0.2, 0.25) is 0 Å². The third kappa shape index (κ3) is 4.33. The van der Waals surface area contributed by atoms with E-state index in [1.165, 1.54) is 24.3 Å². The number of ether oxygens (including phenoxy) is 1. The van der Waals surface area contributed by atoms with Crippen molar-refractivity contribution in [3.8, 4) is 0 Å². The first-order valence-electron chi connectivity index (χ1n) is 4.73. The minimum Gasteiger partial charge on any atom is -0.385 e. The molecule has 1 heterocycles. The van der Waals surface area contributed by atoms with Crippen LogP contribution in [0.1, 0.15) is 19.3 Å². The van der Waals surface area contributed by atoms with Crippen molar-refractivity contribution in [1.29, 1.82) is 0 Å². The van der Waals surface area contributed by atoms with Gasteiger partial charge in [-0.15, -0.1) is 0 Å². The molecule has 0 aromatic carbocycles. The Kier molecular flexibility index (Phi) is 5.82. The third-order valence-corrected chi connectivity index (χ3v) is 3.33. The fourth-order valence-electron chi connectivity index (χ4n) is 1.42. The van der Waals surface area contributed by atoms with Crippen LogP contribution in [0, 0.1) is 0 Å². The molecule has 0 bridgehead atoms. The molecule has 0 spiro atoms. The molecular formula is C9H19NOS. The van der Waals surface area contributed by atoms with Gasteiger partial charge >= 0.3 is 0 Å². The second-order valence-corrected chi connectivity index (χ2v) is 4.36. The molecule has 0 aromatic heterocycles. The van der Waals surface area contributed by atoms with Gasteiger partial charge in [-0.3, -0.25) is 0 Å². The van der Waals surface area contributed by atoms with Crippen LogP contribution in [0.4, 0.5) is 0 Å². The van der Waals surface area contributed by atoms with E-state index in [0.29, 0.717) is 0 Å². The quantitative estimate of drug-likeness (QED) is 0.662. The van der Waals surface area contributed by atoms with E-state index in [9.17, 15) is 0 Å². The molecule has 12 heavy (non-hydrogen) atoms. The molecule has 1 rings (SSSR count). The largest absolute Gasteiger partial charge is 0.385 e. The molecule has 1 fully saturated rings. The first-order valence-corrected chi connectivity index (χ1v) is 5.89. The summed E-state index contributed by atoms with van der Waals surface area (Å²) >= 11 is 2.07. The second-order valence-electron chi connectivity index (χ2n) is 3.21. The van der Waals surface area contributed by atoms with E-state index in [1.54, 1.807) is 7.11 Å². The first kappa shape index (κ1) is 10.4. The van der Waals surface area contributed by atoms with Crippen LogP contribution in [0.15, 0.2) is 0 Å². The van der Waals surface area contributed by atoms with Crippen molar-refractivity contribution < 1.29 is 4.74 Å². The lowest BCUT2D eigenvalue weighted by molar-refractivity contribution is 0.193. The average molecular weight is 189 g/mol. The standard InChI is InChI=1S/C9H19NOS/c1-11-6-3-5-10-9-4-2-7-12-8-9/h9-10H,2-8H2,1H3/t9-/m1/s1. The molecular weight excluding hydrogens is 170 g/mol. The van der Waals surface area contributed by atoms with Crippen LogP contribution in [-0.2, 0) is 4.74 Å². The van der Waals surface area contributed by atoms with Crippen LogP contribution >= 0.6 is 11.8 Å². The van der Waals surface area contributed by atoms with Crippen molar-refractivity contribution in [2.24, 2.45) is 0 Å². The first-order chi connectivity index (χ1) is 5.93. The van der Waals surface area contributed by atoms with Crippen molar-refractivity contribution in [1.82, 2.24) is 5.32 Å². The highest BCUT2D eigenvalue weighted by atomic mass is 32.2. The lowest BCUT2D eigenvalue weighted by Gasteiger charge is -2.22. The Morgan fingerprint density at radius 2 is 2.50 bits per heavy atom. The molecule has 0 aromatic rings. The molecule has 1 aliphatic rings. The van der Waals surface area contributed by atoms with Crippen molar-refractivity contribution in [3.05, 3.63) is 0 Å². The second kappa shape index (κ2) is 6.75. The Bertz CT molecular complexity index is 105. The van der Waals surface area contributed by atoms with E-state index in [0.717, 1.165) is 25.6 Å². The zero-order chi connectivity index (χ0) is 8.65. The summed E-state index contributed by atoms with van der Waals surface area (Å²) in [6, 6.07) is 0.764. The monoisotopic (exact) mass is 189 g/mol. The predicted octanol–water partition coefficient (Wildman–Crippen LogP) is 1.51. The van der Waals surface area contributed by atoms with E-state index in [-0.39, 0.29) is 0 Å². The summed E-state index contributed by atoms with van der Waals surface area (Å²) in [5, 5.41) is 3.56. The number of methoxy groups -OCH3 is 1. The molecule has 1 atom stereocenters.